The zero-order valence-corrected chi connectivity index (χ0v) is 15.9. The van der Waals surface area contributed by atoms with Crippen LogP contribution in [0.5, 0.6) is 0 Å². The average molecular weight is 387 g/mol. The smallest absolute Gasteiger partial charge is 0.236 e. The fourth-order valence-electron chi connectivity index (χ4n) is 3.87. The molecule has 0 aromatic heterocycles. The second kappa shape index (κ2) is 9.75. The van der Waals surface area contributed by atoms with Crippen molar-refractivity contribution >= 4 is 5.91 Å². The number of primary amides is 1. The lowest BCUT2D eigenvalue weighted by Gasteiger charge is -2.34. The fraction of sp³-hybridized carbons (Fsp3) is 0.409. The van der Waals surface area contributed by atoms with Crippen molar-refractivity contribution in [1.82, 2.24) is 10.2 Å². The minimum atomic E-state index is -0.289. The summed E-state index contributed by atoms with van der Waals surface area (Å²) in [5.74, 6) is -0.741. The number of carbonyl (C=O) groups is 1. The van der Waals surface area contributed by atoms with Gasteiger partial charge in [-0.05, 0) is 54.8 Å². The molecule has 1 aliphatic heterocycles. The quantitative estimate of drug-likeness (QED) is 0.685. The number of nitrogens with zero attached hydrogens (tertiary/aromatic N) is 1. The number of unbranched alkanes of at least 4 members (excludes halogenated alkanes) is 1. The van der Waals surface area contributed by atoms with Crippen molar-refractivity contribution < 1.29 is 13.6 Å². The van der Waals surface area contributed by atoms with Crippen LogP contribution in [-0.2, 0) is 4.79 Å². The second-order valence-electron chi connectivity index (χ2n) is 7.31. The molecule has 150 valence electrons. The van der Waals surface area contributed by atoms with Crippen molar-refractivity contribution in [3.8, 4) is 0 Å². The van der Waals surface area contributed by atoms with Gasteiger partial charge in [0.15, 0.2) is 0 Å². The Kier molecular flexibility index (Phi) is 7.12. The maximum absolute atomic E-state index is 13.3. The van der Waals surface area contributed by atoms with Gasteiger partial charge in [0.1, 0.15) is 17.7 Å². The molecule has 0 bridgehead atoms. The molecule has 1 saturated heterocycles. The lowest BCUT2D eigenvalue weighted by atomic mass is 9.87. The first kappa shape index (κ1) is 20.4. The van der Waals surface area contributed by atoms with Gasteiger partial charge in [-0.15, -0.1) is 0 Å². The van der Waals surface area contributed by atoms with Crippen LogP contribution in [0.1, 0.15) is 36.3 Å². The molecular formula is C22H27F2N3O. The van der Waals surface area contributed by atoms with Crippen LogP contribution in [0.2, 0.25) is 0 Å². The number of carbonyl (C=O) groups excluding carboxylic acids is 1. The van der Waals surface area contributed by atoms with Gasteiger partial charge in [0, 0.05) is 25.6 Å². The van der Waals surface area contributed by atoms with Gasteiger partial charge in [-0.1, -0.05) is 30.7 Å². The van der Waals surface area contributed by atoms with E-state index in [4.69, 9.17) is 5.73 Å². The summed E-state index contributed by atoms with van der Waals surface area (Å²) in [5.41, 5.74) is 7.54. The number of amides is 1. The summed E-state index contributed by atoms with van der Waals surface area (Å²) >= 11 is 0. The highest BCUT2D eigenvalue weighted by molar-refractivity contribution is 5.80. The largest absolute Gasteiger partial charge is 0.368 e. The molecule has 1 amide bonds. The summed E-state index contributed by atoms with van der Waals surface area (Å²) in [6.07, 6.45) is 2.74. The van der Waals surface area contributed by atoms with Crippen LogP contribution in [0.4, 0.5) is 8.78 Å². The van der Waals surface area contributed by atoms with E-state index in [1.54, 1.807) is 24.3 Å². The van der Waals surface area contributed by atoms with Crippen molar-refractivity contribution in [2.45, 2.75) is 31.2 Å². The van der Waals surface area contributed by atoms with Gasteiger partial charge in [0.25, 0.3) is 0 Å². The van der Waals surface area contributed by atoms with Crippen LogP contribution in [0.3, 0.4) is 0 Å². The van der Waals surface area contributed by atoms with Crippen LogP contribution < -0.4 is 11.1 Å². The highest BCUT2D eigenvalue weighted by Crippen LogP contribution is 2.30. The number of hydrogen-bond acceptors (Lipinski definition) is 3. The average Bonchev–Trinajstić information content (AvgIpc) is 2.70. The molecule has 1 fully saturated rings. The van der Waals surface area contributed by atoms with Crippen molar-refractivity contribution in [2.24, 2.45) is 5.73 Å². The minimum Gasteiger partial charge on any atom is -0.368 e. The van der Waals surface area contributed by atoms with Gasteiger partial charge < -0.3 is 11.1 Å². The summed E-state index contributed by atoms with van der Waals surface area (Å²) < 4.78 is 26.6. The first-order valence-corrected chi connectivity index (χ1v) is 9.79. The molecule has 1 unspecified atom stereocenters. The van der Waals surface area contributed by atoms with Crippen molar-refractivity contribution in [3.05, 3.63) is 71.3 Å². The van der Waals surface area contributed by atoms with E-state index in [1.165, 1.54) is 24.3 Å². The van der Waals surface area contributed by atoms with E-state index >= 15 is 0 Å². The van der Waals surface area contributed by atoms with Gasteiger partial charge in [0.05, 0.1) is 0 Å². The molecule has 1 aliphatic rings. The summed E-state index contributed by atoms with van der Waals surface area (Å²) in [6.45, 7) is 3.09. The molecule has 1 heterocycles. The van der Waals surface area contributed by atoms with E-state index in [9.17, 15) is 13.6 Å². The molecule has 28 heavy (non-hydrogen) atoms. The van der Waals surface area contributed by atoms with Gasteiger partial charge in [-0.25, -0.2) is 8.78 Å². The number of halogens is 2. The standard InChI is InChI=1S/C22H27F2N3O/c23-18-8-4-16(5-9-18)20(17-6-10-19(24)11-7-17)3-1-2-13-27-14-12-26-15-21(27)22(25)28/h4-11,20-21,26H,1-3,12-15H2,(H2,25,28). The molecule has 3 rings (SSSR count). The van der Waals surface area contributed by atoms with Crippen LogP contribution >= 0.6 is 0 Å². The van der Waals surface area contributed by atoms with Crippen LogP contribution in [-0.4, -0.2) is 43.0 Å². The lowest BCUT2D eigenvalue weighted by Crippen LogP contribution is -2.56. The highest BCUT2D eigenvalue weighted by Gasteiger charge is 2.26. The van der Waals surface area contributed by atoms with Crippen LogP contribution in [0.25, 0.3) is 0 Å². The van der Waals surface area contributed by atoms with Gasteiger partial charge in [0.2, 0.25) is 5.91 Å². The fourth-order valence-corrected chi connectivity index (χ4v) is 3.87. The number of piperazine rings is 1. The Morgan fingerprint density at radius 1 is 1.04 bits per heavy atom. The highest BCUT2D eigenvalue weighted by atomic mass is 19.1. The first-order valence-electron chi connectivity index (χ1n) is 9.79. The zero-order valence-electron chi connectivity index (χ0n) is 15.9. The van der Waals surface area contributed by atoms with Crippen LogP contribution in [0.15, 0.2) is 48.5 Å². The van der Waals surface area contributed by atoms with Crippen LogP contribution in [0, 0.1) is 11.6 Å². The molecule has 0 saturated carbocycles. The normalized spacial score (nSPS) is 17.8. The number of benzene rings is 2. The summed E-state index contributed by atoms with van der Waals surface area (Å²) in [5, 5.41) is 3.20. The Hall–Kier alpha value is -2.31. The molecule has 6 heteroatoms. The Labute approximate surface area is 164 Å². The van der Waals surface area contributed by atoms with E-state index in [-0.39, 0.29) is 29.5 Å². The third-order valence-corrected chi connectivity index (χ3v) is 5.42. The van der Waals surface area contributed by atoms with Crippen molar-refractivity contribution in [1.29, 1.82) is 0 Å². The molecule has 2 aromatic rings. The topological polar surface area (TPSA) is 58.4 Å². The summed E-state index contributed by atoms with van der Waals surface area (Å²) in [7, 11) is 0. The molecule has 3 N–H and O–H groups in total. The second-order valence-corrected chi connectivity index (χ2v) is 7.31. The number of rotatable bonds is 8. The third kappa shape index (κ3) is 5.36. The predicted molar refractivity (Wildman–Crippen MR) is 106 cm³/mol. The van der Waals surface area contributed by atoms with E-state index in [1.807, 2.05) is 0 Å². The molecular weight excluding hydrogens is 360 g/mol. The summed E-state index contributed by atoms with van der Waals surface area (Å²) in [4.78, 5) is 13.8. The number of hydrogen-bond donors (Lipinski definition) is 2. The SMILES string of the molecule is NC(=O)C1CNCCN1CCCCC(c1ccc(F)cc1)c1ccc(F)cc1. The lowest BCUT2D eigenvalue weighted by molar-refractivity contribution is -0.123. The van der Waals surface area contributed by atoms with E-state index in [0.29, 0.717) is 6.54 Å². The third-order valence-electron chi connectivity index (χ3n) is 5.42. The minimum absolute atomic E-state index is 0.0798. The van der Waals surface area contributed by atoms with Crippen molar-refractivity contribution in [2.75, 3.05) is 26.2 Å². The van der Waals surface area contributed by atoms with E-state index in [0.717, 1.165) is 50.0 Å². The predicted octanol–water partition coefficient (Wildman–Crippen LogP) is 3.03. The Balaban J connectivity index is 1.62. The monoisotopic (exact) mass is 387 g/mol. The van der Waals surface area contributed by atoms with E-state index in [2.05, 4.69) is 10.2 Å². The number of nitrogens with two attached hydrogens (primary N) is 1. The zero-order chi connectivity index (χ0) is 19.9. The Morgan fingerprint density at radius 3 is 2.14 bits per heavy atom. The van der Waals surface area contributed by atoms with Gasteiger partial charge >= 0.3 is 0 Å². The molecule has 0 radical (unpaired) electrons. The number of nitrogens with one attached hydrogen (secondary N) is 1. The van der Waals surface area contributed by atoms with E-state index < -0.39 is 0 Å². The first-order chi connectivity index (χ1) is 13.5. The maximum Gasteiger partial charge on any atom is 0.236 e. The molecule has 4 nitrogen and oxygen atoms in total. The van der Waals surface area contributed by atoms with Crippen molar-refractivity contribution in [3.63, 3.8) is 0 Å². The molecule has 0 aliphatic carbocycles. The molecule has 0 spiro atoms. The Bertz CT molecular complexity index is 719. The van der Waals surface area contributed by atoms with Gasteiger partial charge in [-0.2, -0.15) is 0 Å². The molecule has 1 atom stereocenters. The Morgan fingerprint density at radius 2 is 1.61 bits per heavy atom. The summed E-state index contributed by atoms with van der Waals surface area (Å²) in [6, 6.07) is 12.8. The molecule has 2 aromatic carbocycles. The van der Waals surface area contributed by atoms with Gasteiger partial charge in [-0.3, -0.25) is 9.69 Å². The maximum atomic E-state index is 13.3.